The standard InChI is InChI=1S/C9H9FO2S/c1-13-8-3-2-6(5-10)4-7(8)9(11)12/h2-4H,5H2,1H3,(H,11,12). The van der Waals surface area contributed by atoms with Crippen molar-refractivity contribution >= 4 is 17.7 Å². The first-order chi connectivity index (χ1) is 6.19. The first-order valence-corrected chi connectivity index (χ1v) is 4.87. The van der Waals surface area contributed by atoms with Gasteiger partial charge in [-0.05, 0) is 24.0 Å². The predicted molar refractivity (Wildman–Crippen MR) is 50.0 cm³/mol. The summed E-state index contributed by atoms with van der Waals surface area (Å²) in [6, 6.07) is 4.59. The van der Waals surface area contributed by atoms with Crippen LogP contribution < -0.4 is 0 Å². The van der Waals surface area contributed by atoms with E-state index in [4.69, 9.17) is 5.11 Å². The van der Waals surface area contributed by atoms with E-state index in [1.165, 1.54) is 17.8 Å². The minimum absolute atomic E-state index is 0.169. The lowest BCUT2D eigenvalue weighted by molar-refractivity contribution is 0.0693. The number of hydrogen-bond donors (Lipinski definition) is 1. The van der Waals surface area contributed by atoms with Gasteiger partial charge in [0.2, 0.25) is 0 Å². The molecule has 70 valence electrons. The summed E-state index contributed by atoms with van der Waals surface area (Å²) in [5, 5.41) is 8.78. The summed E-state index contributed by atoms with van der Waals surface area (Å²) >= 11 is 1.34. The first kappa shape index (κ1) is 10.1. The van der Waals surface area contributed by atoms with Crippen molar-refractivity contribution in [1.29, 1.82) is 0 Å². The number of carbonyl (C=O) groups is 1. The Bertz CT molecular complexity index is 325. The number of halogens is 1. The molecule has 0 saturated carbocycles. The number of alkyl halides is 1. The third kappa shape index (κ3) is 2.21. The summed E-state index contributed by atoms with van der Waals surface area (Å²) in [7, 11) is 0. The Morgan fingerprint density at radius 1 is 1.62 bits per heavy atom. The third-order valence-corrected chi connectivity index (χ3v) is 2.44. The van der Waals surface area contributed by atoms with Gasteiger partial charge < -0.3 is 5.11 Å². The third-order valence-electron chi connectivity index (χ3n) is 1.65. The van der Waals surface area contributed by atoms with E-state index in [2.05, 4.69) is 0 Å². The van der Waals surface area contributed by atoms with Crippen LogP contribution in [0.1, 0.15) is 15.9 Å². The number of hydrogen-bond acceptors (Lipinski definition) is 2. The van der Waals surface area contributed by atoms with Crippen molar-refractivity contribution in [2.75, 3.05) is 6.26 Å². The van der Waals surface area contributed by atoms with Crippen LogP contribution in [0.3, 0.4) is 0 Å². The van der Waals surface area contributed by atoms with E-state index in [1.807, 2.05) is 0 Å². The number of carboxylic acids is 1. The van der Waals surface area contributed by atoms with Crippen LogP contribution in [0.25, 0.3) is 0 Å². The fourth-order valence-electron chi connectivity index (χ4n) is 1.01. The number of benzene rings is 1. The summed E-state index contributed by atoms with van der Waals surface area (Å²) < 4.78 is 12.2. The Labute approximate surface area is 79.8 Å². The molecule has 1 aromatic carbocycles. The van der Waals surface area contributed by atoms with Crippen LogP contribution in [0.5, 0.6) is 0 Å². The average Bonchev–Trinajstić information content (AvgIpc) is 2.16. The fraction of sp³-hybridized carbons (Fsp3) is 0.222. The second-order valence-electron chi connectivity index (χ2n) is 2.47. The Morgan fingerprint density at radius 3 is 2.77 bits per heavy atom. The van der Waals surface area contributed by atoms with Gasteiger partial charge in [-0.1, -0.05) is 6.07 Å². The predicted octanol–water partition coefficient (Wildman–Crippen LogP) is 2.58. The summed E-state index contributed by atoms with van der Waals surface area (Å²) in [4.78, 5) is 11.4. The van der Waals surface area contributed by atoms with Gasteiger partial charge in [0.15, 0.2) is 0 Å². The average molecular weight is 200 g/mol. The Balaban J connectivity index is 3.18. The molecule has 0 spiro atoms. The molecule has 0 heterocycles. The molecular formula is C9H9FO2S. The lowest BCUT2D eigenvalue weighted by atomic mass is 10.1. The van der Waals surface area contributed by atoms with Crippen molar-refractivity contribution in [2.24, 2.45) is 0 Å². The maximum Gasteiger partial charge on any atom is 0.336 e. The molecule has 1 N–H and O–H groups in total. The molecule has 1 aromatic rings. The van der Waals surface area contributed by atoms with Gasteiger partial charge in [-0.25, -0.2) is 9.18 Å². The van der Waals surface area contributed by atoms with Gasteiger partial charge in [-0.15, -0.1) is 11.8 Å². The maximum absolute atomic E-state index is 12.2. The zero-order chi connectivity index (χ0) is 9.84. The minimum atomic E-state index is -1.01. The van der Waals surface area contributed by atoms with Crippen molar-refractivity contribution < 1.29 is 14.3 Å². The smallest absolute Gasteiger partial charge is 0.336 e. The lowest BCUT2D eigenvalue weighted by Crippen LogP contribution is -1.99. The Hall–Kier alpha value is -1.03. The molecule has 0 fully saturated rings. The Morgan fingerprint density at radius 2 is 2.31 bits per heavy atom. The van der Waals surface area contributed by atoms with Crippen LogP contribution in [0.2, 0.25) is 0 Å². The molecule has 0 atom stereocenters. The van der Waals surface area contributed by atoms with Crippen LogP contribution in [0.15, 0.2) is 23.1 Å². The van der Waals surface area contributed by atoms with Gasteiger partial charge in [0.05, 0.1) is 5.56 Å². The van der Waals surface area contributed by atoms with Gasteiger partial charge >= 0.3 is 5.97 Å². The van der Waals surface area contributed by atoms with E-state index in [0.29, 0.717) is 10.5 Å². The van der Waals surface area contributed by atoms with E-state index in [1.54, 1.807) is 18.4 Å². The SMILES string of the molecule is CSc1ccc(CF)cc1C(=O)O. The highest BCUT2D eigenvalue weighted by atomic mass is 32.2. The number of rotatable bonds is 3. The molecule has 0 aliphatic heterocycles. The van der Waals surface area contributed by atoms with Crippen molar-refractivity contribution in [2.45, 2.75) is 11.6 Å². The number of thioether (sulfide) groups is 1. The molecule has 13 heavy (non-hydrogen) atoms. The maximum atomic E-state index is 12.2. The number of aromatic carboxylic acids is 1. The first-order valence-electron chi connectivity index (χ1n) is 3.65. The van der Waals surface area contributed by atoms with Crippen molar-refractivity contribution in [3.8, 4) is 0 Å². The second kappa shape index (κ2) is 4.28. The monoisotopic (exact) mass is 200 g/mol. The second-order valence-corrected chi connectivity index (χ2v) is 3.32. The van der Waals surface area contributed by atoms with Crippen LogP contribution >= 0.6 is 11.8 Å². The molecule has 0 radical (unpaired) electrons. The van der Waals surface area contributed by atoms with Crippen molar-refractivity contribution in [3.63, 3.8) is 0 Å². The Kier molecular flexibility index (Phi) is 3.31. The van der Waals surface area contributed by atoms with Crippen molar-refractivity contribution in [1.82, 2.24) is 0 Å². The summed E-state index contributed by atoms with van der Waals surface area (Å²) in [5.74, 6) is -1.01. The molecule has 1 rings (SSSR count). The van der Waals surface area contributed by atoms with Gasteiger partial charge in [0.1, 0.15) is 6.67 Å². The molecule has 0 saturated heterocycles. The molecule has 4 heteroatoms. The quantitative estimate of drug-likeness (QED) is 0.762. The van der Waals surface area contributed by atoms with Gasteiger partial charge in [-0.2, -0.15) is 0 Å². The molecule has 0 aliphatic rings. The summed E-state index contributed by atoms with van der Waals surface area (Å²) in [5.41, 5.74) is 0.567. The van der Waals surface area contributed by atoms with E-state index in [0.717, 1.165) is 0 Å². The molecule has 0 bridgehead atoms. The highest BCUT2D eigenvalue weighted by molar-refractivity contribution is 7.98. The van der Waals surface area contributed by atoms with E-state index in [-0.39, 0.29) is 5.56 Å². The van der Waals surface area contributed by atoms with Crippen molar-refractivity contribution in [3.05, 3.63) is 29.3 Å². The van der Waals surface area contributed by atoms with E-state index >= 15 is 0 Å². The molecule has 0 aromatic heterocycles. The van der Waals surface area contributed by atoms with E-state index in [9.17, 15) is 9.18 Å². The number of carboxylic acid groups (broad SMARTS) is 1. The minimum Gasteiger partial charge on any atom is -0.478 e. The molecule has 2 nitrogen and oxygen atoms in total. The topological polar surface area (TPSA) is 37.3 Å². The molecule has 0 amide bonds. The zero-order valence-electron chi connectivity index (χ0n) is 7.08. The van der Waals surface area contributed by atoms with Crippen LogP contribution in [-0.2, 0) is 6.67 Å². The zero-order valence-corrected chi connectivity index (χ0v) is 7.90. The van der Waals surface area contributed by atoms with E-state index < -0.39 is 12.6 Å². The van der Waals surface area contributed by atoms with Crippen LogP contribution in [0.4, 0.5) is 4.39 Å². The fourth-order valence-corrected chi connectivity index (χ4v) is 1.58. The van der Waals surface area contributed by atoms with Crippen LogP contribution in [0, 0.1) is 0 Å². The molecule has 0 unspecified atom stereocenters. The summed E-state index contributed by atoms with van der Waals surface area (Å²) in [6.45, 7) is -0.630. The van der Waals surface area contributed by atoms with Crippen LogP contribution in [-0.4, -0.2) is 17.3 Å². The van der Waals surface area contributed by atoms with Gasteiger partial charge in [-0.3, -0.25) is 0 Å². The highest BCUT2D eigenvalue weighted by Crippen LogP contribution is 2.21. The molecule has 0 aliphatic carbocycles. The largest absolute Gasteiger partial charge is 0.478 e. The summed E-state index contributed by atoms with van der Waals surface area (Å²) in [6.07, 6.45) is 1.79. The normalized spacial score (nSPS) is 10.0. The van der Waals surface area contributed by atoms with Gasteiger partial charge in [0.25, 0.3) is 0 Å². The highest BCUT2D eigenvalue weighted by Gasteiger charge is 2.09. The van der Waals surface area contributed by atoms with Gasteiger partial charge in [0, 0.05) is 4.90 Å². The molecular weight excluding hydrogens is 191 g/mol. The lowest BCUT2D eigenvalue weighted by Gasteiger charge is -2.03.